The van der Waals surface area contributed by atoms with Gasteiger partial charge in [-0.2, -0.15) is 0 Å². The van der Waals surface area contributed by atoms with Crippen LogP contribution in [0.2, 0.25) is 0 Å². The Kier molecular flexibility index (Phi) is 5.61. The Morgan fingerprint density at radius 2 is 1.50 bits per heavy atom. The van der Waals surface area contributed by atoms with Gasteiger partial charge in [-0.15, -0.1) is 0 Å². The second kappa shape index (κ2) is 6.78. The van der Waals surface area contributed by atoms with E-state index in [-0.39, 0.29) is 24.6 Å². The van der Waals surface area contributed by atoms with Gasteiger partial charge in [0.25, 0.3) is 5.91 Å². The van der Waals surface area contributed by atoms with Crippen LogP contribution in [0.4, 0.5) is 0 Å². The molecule has 3 heteroatoms. The van der Waals surface area contributed by atoms with Crippen LogP contribution >= 0.6 is 0 Å². The van der Waals surface area contributed by atoms with Gasteiger partial charge in [-0.05, 0) is 59.6 Å². The monoisotopic (exact) mass is 277 g/mol. The molecular weight excluding hydrogens is 250 g/mol. The first-order valence-corrected chi connectivity index (χ1v) is 7.25. The molecule has 20 heavy (non-hydrogen) atoms. The quantitative estimate of drug-likeness (QED) is 0.822. The molecule has 1 aromatic carbocycles. The van der Waals surface area contributed by atoms with E-state index in [0.29, 0.717) is 0 Å². The van der Waals surface area contributed by atoms with Gasteiger partial charge < -0.3 is 9.64 Å². The summed E-state index contributed by atoms with van der Waals surface area (Å²) in [4.78, 5) is 14.1. The highest BCUT2D eigenvalue weighted by Crippen LogP contribution is 2.24. The molecule has 1 aromatic rings. The van der Waals surface area contributed by atoms with E-state index >= 15 is 0 Å². The van der Waals surface area contributed by atoms with E-state index in [0.717, 1.165) is 16.9 Å². The zero-order valence-corrected chi connectivity index (χ0v) is 13.8. The van der Waals surface area contributed by atoms with Crippen LogP contribution in [0, 0.1) is 20.8 Å². The zero-order chi connectivity index (χ0) is 15.4. The average molecular weight is 277 g/mol. The fourth-order valence-corrected chi connectivity index (χ4v) is 2.78. The molecule has 0 saturated carbocycles. The van der Waals surface area contributed by atoms with Crippen molar-refractivity contribution >= 4 is 5.91 Å². The summed E-state index contributed by atoms with van der Waals surface area (Å²) in [7, 11) is 0. The Morgan fingerprint density at radius 3 is 1.90 bits per heavy atom. The summed E-state index contributed by atoms with van der Waals surface area (Å²) in [6, 6.07) is 4.53. The molecule has 0 unspecified atom stereocenters. The topological polar surface area (TPSA) is 29.5 Å². The SMILES string of the molecule is Cc1cc(C)c(OCC(=O)N(C(C)C)C(C)C)c(C)c1. The molecule has 0 N–H and O–H groups in total. The fraction of sp³-hybridized carbons (Fsp3) is 0.588. The molecule has 0 aliphatic rings. The summed E-state index contributed by atoms with van der Waals surface area (Å²) in [6.45, 7) is 14.3. The van der Waals surface area contributed by atoms with E-state index in [1.807, 2.05) is 46.4 Å². The van der Waals surface area contributed by atoms with Crippen molar-refractivity contribution in [3.8, 4) is 5.75 Å². The van der Waals surface area contributed by atoms with Gasteiger partial charge in [0.05, 0.1) is 0 Å². The van der Waals surface area contributed by atoms with Crippen molar-refractivity contribution in [1.82, 2.24) is 4.90 Å². The van der Waals surface area contributed by atoms with Crippen molar-refractivity contribution in [3.05, 3.63) is 28.8 Å². The van der Waals surface area contributed by atoms with Gasteiger partial charge in [-0.25, -0.2) is 0 Å². The van der Waals surface area contributed by atoms with E-state index in [1.165, 1.54) is 5.56 Å². The van der Waals surface area contributed by atoms with Crippen LogP contribution in [0.1, 0.15) is 44.4 Å². The summed E-state index contributed by atoms with van der Waals surface area (Å²) in [5, 5.41) is 0. The van der Waals surface area contributed by atoms with Crippen molar-refractivity contribution in [2.45, 2.75) is 60.5 Å². The number of hydrogen-bond donors (Lipinski definition) is 0. The van der Waals surface area contributed by atoms with Gasteiger partial charge in [0.15, 0.2) is 6.61 Å². The molecule has 0 spiro atoms. The average Bonchev–Trinajstić information content (AvgIpc) is 2.25. The number of hydrogen-bond acceptors (Lipinski definition) is 2. The lowest BCUT2D eigenvalue weighted by Crippen LogP contribution is -2.44. The van der Waals surface area contributed by atoms with Gasteiger partial charge >= 0.3 is 0 Å². The van der Waals surface area contributed by atoms with Crippen molar-refractivity contribution in [1.29, 1.82) is 0 Å². The van der Waals surface area contributed by atoms with Gasteiger partial charge in [-0.3, -0.25) is 4.79 Å². The highest BCUT2D eigenvalue weighted by molar-refractivity contribution is 5.78. The first kappa shape index (κ1) is 16.5. The third-order valence-electron chi connectivity index (χ3n) is 3.35. The molecule has 0 aliphatic carbocycles. The second-order valence-electron chi connectivity index (χ2n) is 6.01. The molecule has 0 saturated heterocycles. The number of aryl methyl sites for hydroxylation is 3. The molecule has 0 fully saturated rings. The van der Waals surface area contributed by atoms with Crippen LogP contribution in [-0.2, 0) is 4.79 Å². The van der Waals surface area contributed by atoms with Crippen molar-refractivity contribution in [3.63, 3.8) is 0 Å². The minimum atomic E-state index is 0.0365. The lowest BCUT2D eigenvalue weighted by atomic mass is 10.1. The van der Waals surface area contributed by atoms with E-state index < -0.39 is 0 Å². The minimum Gasteiger partial charge on any atom is -0.483 e. The number of amides is 1. The Bertz CT molecular complexity index is 447. The summed E-state index contributed by atoms with van der Waals surface area (Å²) in [5.74, 6) is 0.866. The third-order valence-corrected chi connectivity index (χ3v) is 3.35. The van der Waals surface area contributed by atoms with Gasteiger partial charge in [0, 0.05) is 12.1 Å². The number of carbonyl (C=O) groups excluding carboxylic acids is 1. The smallest absolute Gasteiger partial charge is 0.260 e. The first-order valence-electron chi connectivity index (χ1n) is 7.25. The molecule has 112 valence electrons. The normalized spacial score (nSPS) is 11.1. The van der Waals surface area contributed by atoms with E-state index in [2.05, 4.69) is 19.1 Å². The van der Waals surface area contributed by atoms with Gasteiger partial charge in [0.2, 0.25) is 0 Å². The van der Waals surface area contributed by atoms with Crippen LogP contribution in [0.25, 0.3) is 0 Å². The molecule has 1 rings (SSSR count). The van der Waals surface area contributed by atoms with Crippen LogP contribution in [0.15, 0.2) is 12.1 Å². The van der Waals surface area contributed by atoms with Crippen LogP contribution in [0.5, 0.6) is 5.75 Å². The largest absolute Gasteiger partial charge is 0.483 e. The van der Waals surface area contributed by atoms with Crippen LogP contribution in [0.3, 0.4) is 0 Å². The summed E-state index contributed by atoms with van der Waals surface area (Å²) < 4.78 is 5.77. The van der Waals surface area contributed by atoms with Crippen LogP contribution < -0.4 is 4.74 Å². The zero-order valence-electron chi connectivity index (χ0n) is 13.8. The Labute approximate surface area is 122 Å². The maximum Gasteiger partial charge on any atom is 0.260 e. The third kappa shape index (κ3) is 3.99. The maximum atomic E-state index is 12.3. The molecular formula is C17H27NO2. The Hall–Kier alpha value is -1.51. The van der Waals surface area contributed by atoms with Gasteiger partial charge in [0.1, 0.15) is 5.75 Å². The predicted octanol–water partition coefficient (Wildman–Crippen LogP) is 3.64. The number of benzene rings is 1. The Balaban J connectivity index is 2.79. The van der Waals surface area contributed by atoms with Gasteiger partial charge in [-0.1, -0.05) is 17.7 Å². The summed E-state index contributed by atoms with van der Waals surface area (Å²) in [5.41, 5.74) is 3.37. The highest BCUT2D eigenvalue weighted by Gasteiger charge is 2.20. The standard InChI is InChI=1S/C17H27NO2/c1-11(2)18(12(3)4)16(19)10-20-17-14(6)8-13(5)9-15(17)7/h8-9,11-12H,10H2,1-7H3. The fourth-order valence-electron chi connectivity index (χ4n) is 2.78. The molecule has 0 heterocycles. The van der Waals surface area contributed by atoms with E-state index in [9.17, 15) is 4.79 Å². The minimum absolute atomic E-state index is 0.0365. The second-order valence-corrected chi connectivity index (χ2v) is 6.01. The maximum absolute atomic E-state index is 12.3. The van der Waals surface area contributed by atoms with Crippen molar-refractivity contribution < 1.29 is 9.53 Å². The number of ether oxygens (including phenoxy) is 1. The number of rotatable bonds is 5. The summed E-state index contributed by atoms with van der Waals surface area (Å²) in [6.07, 6.45) is 0. The summed E-state index contributed by atoms with van der Waals surface area (Å²) >= 11 is 0. The van der Waals surface area contributed by atoms with Crippen molar-refractivity contribution in [2.75, 3.05) is 6.61 Å². The highest BCUT2D eigenvalue weighted by atomic mass is 16.5. The molecule has 3 nitrogen and oxygen atoms in total. The molecule has 0 bridgehead atoms. The first-order chi connectivity index (χ1) is 9.23. The predicted molar refractivity (Wildman–Crippen MR) is 83.3 cm³/mol. The molecule has 1 amide bonds. The Morgan fingerprint density at radius 1 is 1.05 bits per heavy atom. The van der Waals surface area contributed by atoms with E-state index in [1.54, 1.807) is 0 Å². The lowest BCUT2D eigenvalue weighted by molar-refractivity contribution is -0.137. The number of carbonyl (C=O) groups is 1. The van der Waals surface area contributed by atoms with Crippen molar-refractivity contribution in [2.24, 2.45) is 0 Å². The number of nitrogens with zero attached hydrogens (tertiary/aromatic N) is 1. The van der Waals surface area contributed by atoms with E-state index in [4.69, 9.17) is 4.74 Å². The molecule has 0 radical (unpaired) electrons. The molecule has 0 atom stereocenters. The lowest BCUT2D eigenvalue weighted by Gasteiger charge is -2.30. The molecule has 0 aliphatic heterocycles. The molecule has 0 aromatic heterocycles. The van der Waals surface area contributed by atoms with Crippen LogP contribution in [-0.4, -0.2) is 29.5 Å².